The molecule has 1 aliphatic heterocycles. The van der Waals surface area contributed by atoms with E-state index in [4.69, 9.17) is 9.47 Å². The average molecular weight is 448 g/mol. The van der Waals surface area contributed by atoms with Gasteiger partial charge in [-0.25, -0.2) is 0 Å². The number of hydrogen-bond acceptors (Lipinski definition) is 5. The van der Waals surface area contributed by atoms with Crippen LogP contribution in [0.1, 0.15) is 29.0 Å². The van der Waals surface area contributed by atoms with Gasteiger partial charge in [-0.1, -0.05) is 12.1 Å². The molecule has 2 N–H and O–H groups in total. The number of carbonyl (C=O) groups excluding carboxylic acids is 2. The monoisotopic (exact) mass is 447 g/mol. The van der Waals surface area contributed by atoms with Crippen molar-refractivity contribution in [1.29, 1.82) is 0 Å². The van der Waals surface area contributed by atoms with E-state index < -0.39 is 6.17 Å². The van der Waals surface area contributed by atoms with Gasteiger partial charge in [0.15, 0.2) is 18.1 Å². The number of halogens is 1. The number of rotatable bonds is 6. The first kappa shape index (κ1) is 20.0. The predicted octanol–water partition coefficient (Wildman–Crippen LogP) is 3.17. The second kappa shape index (κ2) is 8.52. The Balaban J connectivity index is 1.89. The van der Waals surface area contributed by atoms with E-state index in [1.165, 1.54) is 4.90 Å². The van der Waals surface area contributed by atoms with Gasteiger partial charge in [0.1, 0.15) is 6.17 Å². The van der Waals surface area contributed by atoms with E-state index in [0.29, 0.717) is 28.1 Å². The summed E-state index contributed by atoms with van der Waals surface area (Å²) in [6.07, 6.45) is -0.421. The van der Waals surface area contributed by atoms with Crippen molar-refractivity contribution in [2.24, 2.45) is 0 Å². The molecule has 2 amide bonds. The fourth-order valence-corrected chi connectivity index (χ4v) is 3.37. The highest BCUT2D eigenvalue weighted by Crippen LogP contribution is 2.39. The molecule has 1 unspecified atom stereocenters. The molecule has 2 aromatic rings. The van der Waals surface area contributed by atoms with E-state index in [-0.39, 0.29) is 18.4 Å². The number of amides is 2. The summed E-state index contributed by atoms with van der Waals surface area (Å²) in [5.41, 5.74) is 2.16. The molecule has 1 atom stereocenters. The van der Waals surface area contributed by atoms with Gasteiger partial charge in [0, 0.05) is 19.8 Å². The maximum absolute atomic E-state index is 12.4. The van der Waals surface area contributed by atoms with Crippen molar-refractivity contribution in [1.82, 2.24) is 10.2 Å². The van der Waals surface area contributed by atoms with Crippen LogP contribution in [0.5, 0.6) is 11.5 Å². The van der Waals surface area contributed by atoms with Crippen molar-refractivity contribution >= 4 is 33.4 Å². The highest BCUT2D eigenvalue weighted by atomic mass is 79.9. The lowest BCUT2D eigenvalue weighted by molar-refractivity contribution is -0.130. The number of anilines is 1. The van der Waals surface area contributed by atoms with Crippen LogP contribution >= 0.6 is 15.9 Å². The zero-order valence-corrected chi connectivity index (χ0v) is 17.5. The third-order valence-corrected chi connectivity index (χ3v) is 4.84. The summed E-state index contributed by atoms with van der Waals surface area (Å²) in [7, 11) is 3.34. The Morgan fingerprint density at radius 2 is 1.93 bits per heavy atom. The molecule has 0 radical (unpaired) electrons. The zero-order valence-electron chi connectivity index (χ0n) is 15.9. The second-order valence-electron chi connectivity index (χ2n) is 6.44. The predicted molar refractivity (Wildman–Crippen MR) is 110 cm³/mol. The van der Waals surface area contributed by atoms with Crippen LogP contribution in [0.3, 0.4) is 0 Å². The van der Waals surface area contributed by atoms with Gasteiger partial charge in [0.2, 0.25) is 0 Å². The molecule has 8 heteroatoms. The number of carbonyl (C=O) groups is 2. The standard InChI is InChI=1S/C20H22BrN3O4/c1-4-27-16-10-12(9-14(21)18(16)28-11-17(25)24(2)3)19-22-15-8-6-5-7-13(15)20(26)23-19/h5-10,19,22H,4,11H2,1-3H3,(H,23,26). The number of likely N-dealkylation sites (N-methyl/N-ethyl adjacent to an activating group) is 1. The number of fused-ring (bicyclic) bond motifs is 1. The zero-order chi connectivity index (χ0) is 20.3. The van der Waals surface area contributed by atoms with E-state index in [9.17, 15) is 9.59 Å². The minimum absolute atomic E-state index is 0.100. The van der Waals surface area contributed by atoms with Gasteiger partial charge >= 0.3 is 0 Å². The van der Waals surface area contributed by atoms with Crippen molar-refractivity contribution < 1.29 is 19.1 Å². The minimum Gasteiger partial charge on any atom is -0.490 e. The number of benzene rings is 2. The van der Waals surface area contributed by atoms with Crippen LogP contribution in [0.2, 0.25) is 0 Å². The summed E-state index contributed by atoms with van der Waals surface area (Å²) in [4.78, 5) is 25.7. The van der Waals surface area contributed by atoms with Crippen molar-refractivity contribution in [2.75, 3.05) is 32.6 Å². The van der Waals surface area contributed by atoms with Gasteiger partial charge in [-0.05, 0) is 52.7 Å². The first-order valence-electron chi connectivity index (χ1n) is 8.86. The van der Waals surface area contributed by atoms with E-state index in [1.54, 1.807) is 26.2 Å². The molecule has 0 aromatic heterocycles. The molecule has 0 spiro atoms. The van der Waals surface area contributed by atoms with Gasteiger partial charge in [-0.2, -0.15) is 0 Å². The lowest BCUT2D eigenvalue weighted by atomic mass is 10.1. The number of hydrogen-bond donors (Lipinski definition) is 2. The second-order valence-corrected chi connectivity index (χ2v) is 7.29. The Labute approximate surface area is 172 Å². The lowest BCUT2D eigenvalue weighted by Crippen LogP contribution is -2.38. The Bertz CT molecular complexity index is 901. The fourth-order valence-electron chi connectivity index (χ4n) is 2.79. The summed E-state index contributed by atoms with van der Waals surface area (Å²) >= 11 is 3.50. The normalized spacial score (nSPS) is 15.1. The van der Waals surface area contributed by atoms with E-state index in [2.05, 4.69) is 26.6 Å². The van der Waals surface area contributed by atoms with Crippen molar-refractivity contribution in [3.63, 3.8) is 0 Å². The highest BCUT2D eigenvalue weighted by Gasteiger charge is 2.26. The molecule has 7 nitrogen and oxygen atoms in total. The summed E-state index contributed by atoms with van der Waals surface area (Å²) < 4.78 is 12.0. The van der Waals surface area contributed by atoms with E-state index >= 15 is 0 Å². The lowest BCUT2D eigenvalue weighted by Gasteiger charge is -2.29. The summed E-state index contributed by atoms with van der Waals surface area (Å²) in [6, 6.07) is 11.0. The molecule has 1 heterocycles. The summed E-state index contributed by atoms with van der Waals surface area (Å²) in [5.74, 6) is 0.637. The average Bonchev–Trinajstić information content (AvgIpc) is 2.67. The highest BCUT2D eigenvalue weighted by molar-refractivity contribution is 9.10. The van der Waals surface area contributed by atoms with Gasteiger partial charge < -0.3 is 25.0 Å². The molecule has 2 aromatic carbocycles. The SMILES string of the molecule is CCOc1cc(C2NC(=O)c3ccccc3N2)cc(Br)c1OCC(=O)N(C)C. The number of nitrogens with zero attached hydrogens (tertiary/aromatic N) is 1. The smallest absolute Gasteiger partial charge is 0.259 e. The molecule has 0 fully saturated rings. The van der Waals surface area contributed by atoms with Crippen LogP contribution in [0.15, 0.2) is 40.9 Å². The molecule has 0 saturated heterocycles. The van der Waals surface area contributed by atoms with Crippen molar-refractivity contribution in [3.8, 4) is 11.5 Å². The molecule has 1 aliphatic rings. The van der Waals surface area contributed by atoms with E-state index in [0.717, 1.165) is 11.3 Å². The van der Waals surface area contributed by atoms with E-state index in [1.807, 2.05) is 31.2 Å². The van der Waals surface area contributed by atoms with Crippen LogP contribution in [-0.2, 0) is 4.79 Å². The van der Waals surface area contributed by atoms with Gasteiger partial charge in [-0.3, -0.25) is 9.59 Å². The Morgan fingerprint density at radius 1 is 1.18 bits per heavy atom. The number of nitrogens with one attached hydrogen (secondary N) is 2. The van der Waals surface area contributed by atoms with Crippen LogP contribution in [0.25, 0.3) is 0 Å². The Morgan fingerprint density at radius 3 is 2.64 bits per heavy atom. The van der Waals surface area contributed by atoms with Gasteiger partial charge in [-0.15, -0.1) is 0 Å². The first-order chi connectivity index (χ1) is 13.4. The van der Waals surface area contributed by atoms with Crippen LogP contribution in [-0.4, -0.2) is 44.0 Å². The Hall–Kier alpha value is -2.74. The fraction of sp³-hybridized carbons (Fsp3) is 0.300. The largest absolute Gasteiger partial charge is 0.490 e. The Kier molecular flexibility index (Phi) is 6.08. The minimum atomic E-state index is -0.421. The molecule has 0 bridgehead atoms. The van der Waals surface area contributed by atoms with Gasteiger partial charge in [0.05, 0.1) is 16.6 Å². The summed E-state index contributed by atoms with van der Waals surface area (Å²) in [6.45, 7) is 2.20. The number of para-hydroxylation sites is 1. The molecule has 0 aliphatic carbocycles. The van der Waals surface area contributed by atoms with Crippen molar-refractivity contribution in [3.05, 3.63) is 52.0 Å². The molecule has 28 heavy (non-hydrogen) atoms. The quantitative estimate of drug-likeness (QED) is 0.710. The number of ether oxygens (including phenoxy) is 2. The van der Waals surface area contributed by atoms with Gasteiger partial charge in [0.25, 0.3) is 11.8 Å². The molecular weight excluding hydrogens is 426 g/mol. The maximum atomic E-state index is 12.4. The van der Waals surface area contributed by atoms with Crippen LogP contribution < -0.4 is 20.1 Å². The van der Waals surface area contributed by atoms with Crippen LogP contribution in [0, 0.1) is 0 Å². The molecule has 3 rings (SSSR count). The molecule has 148 valence electrons. The molecular formula is C20H22BrN3O4. The first-order valence-corrected chi connectivity index (χ1v) is 9.65. The third kappa shape index (κ3) is 4.22. The summed E-state index contributed by atoms with van der Waals surface area (Å²) in [5, 5.41) is 6.26. The van der Waals surface area contributed by atoms with Crippen LogP contribution in [0.4, 0.5) is 5.69 Å². The molecule has 0 saturated carbocycles. The van der Waals surface area contributed by atoms with Crippen molar-refractivity contribution in [2.45, 2.75) is 13.1 Å². The topological polar surface area (TPSA) is 79.9 Å². The maximum Gasteiger partial charge on any atom is 0.259 e. The third-order valence-electron chi connectivity index (χ3n) is 4.25.